The summed E-state index contributed by atoms with van der Waals surface area (Å²) in [6, 6.07) is 7.43. The van der Waals surface area contributed by atoms with Gasteiger partial charge in [0.05, 0.1) is 0 Å². The molecule has 0 atom stereocenters. The number of Topliss-reactive ketones (excluding diaryl/α,β-unsaturated/α-hetero) is 1. The van der Waals surface area contributed by atoms with E-state index in [0.29, 0.717) is 29.7 Å². The van der Waals surface area contributed by atoms with Crippen molar-refractivity contribution in [3.63, 3.8) is 0 Å². The van der Waals surface area contributed by atoms with E-state index in [-0.39, 0.29) is 18.3 Å². The average Bonchev–Trinajstić information content (AvgIpc) is 3.37. The molecular formula is C19H27NO3. The Morgan fingerprint density at radius 1 is 1.22 bits per heavy atom. The van der Waals surface area contributed by atoms with Crippen LogP contribution in [0.15, 0.2) is 24.3 Å². The number of rotatable bonds is 9. The zero-order valence-electron chi connectivity index (χ0n) is 14.4. The van der Waals surface area contributed by atoms with Crippen molar-refractivity contribution in [1.82, 2.24) is 4.90 Å². The van der Waals surface area contributed by atoms with Crippen molar-refractivity contribution in [2.75, 3.05) is 13.2 Å². The van der Waals surface area contributed by atoms with Gasteiger partial charge in [-0.05, 0) is 49.4 Å². The van der Waals surface area contributed by atoms with Gasteiger partial charge in [-0.1, -0.05) is 20.8 Å². The van der Waals surface area contributed by atoms with Gasteiger partial charge in [-0.15, -0.1) is 0 Å². The highest BCUT2D eigenvalue weighted by Gasteiger charge is 2.32. The molecule has 1 aliphatic carbocycles. The minimum absolute atomic E-state index is 0.0573. The fourth-order valence-electron chi connectivity index (χ4n) is 2.46. The van der Waals surface area contributed by atoms with E-state index in [1.807, 2.05) is 11.8 Å². The third-order valence-corrected chi connectivity index (χ3v) is 4.12. The Hall–Kier alpha value is -1.84. The normalized spacial score (nSPS) is 13.9. The van der Waals surface area contributed by atoms with Crippen LogP contribution in [0, 0.1) is 5.92 Å². The Labute approximate surface area is 138 Å². The van der Waals surface area contributed by atoms with Crippen LogP contribution < -0.4 is 4.74 Å². The van der Waals surface area contributed by atoms with Gasteiger partial charge in [-0.3, -0.25) is 9.59 Å². The summed E-state index contributed by atoms with van der Waals surface area (Å²) < 4.78 is 5.60. The largest absolute Gasteiger partial charge is 0.484 e. The molecule has 0 saturated heterocycles. The molecule has 0 aromatic heterocycles. The van der Waals surface area contributed by atoms with Gasteiger partial charge < -0.3 is 9.64 Å². The van der Waals surface area contributed by atoms with Crippen LogP contribution in [0.25, 0.3) is 0 Å². The number of carbonyl (C=O) groups excluding carboxylic acids is 2. The summed E-state index contributed by atoms with van der Waals surface area (Å²) in [5, 5.41) is 0. The average molecular weight is 317 g/mol. The number of carbonyl (C=O) groups is 2. The first-order chi connectivity index (χ1) is 11.0. The first-order valence-corrected chi connectivity index (χ1v) is 8.56. The molecule has 0 radical (unpaired) electrons. The molecule has 1 aromatic rings. The molecule has 126 valence electrons. The molecule has 0 bridgehead atoms. The van der Waals surface area contributed by atoms with E-state index in [0.717, 1.165) is 25.8 Å². The van der Waals surface area contributed by atoms with Crippen LogP contribution in [0.1, 0.15) is 56.8 Å². The topological polar surface area (TPSA) is 46.6 Å². The van der Waals surface area contributed by atoms with E-state index in [9.17, 15) is 9.59 Å². The Balaban J connectivity index is 1.85. The maximum atomic E-state index is 12.4. The summed E-state index contributed by atoms with van der Waals surface area (Å²) in [7, 11) is 0. The standard InChI is InChI=1S/C19H27NO3/c1-4-18(21)15-5-9-17(10-6-15)23-13-19(22)20(16-7-8-16)12-11-14(2)3/h5-6,9-10,14,16H,4,7-8,11-13H2,1-3H3. The second-order valence-corrected chi connectivity index (χ2v) is 6.59. The second kappa shape index (κ2) is 8.14. The van der Waals surface area contributed by atoms with E-state index >= 15 is 0 Å². The molecule has 0 aliphatic heterocycles. The molecule has 2 rings (SSSR count). The number of ketones is 1. The predicted octanol–water partition coefficient (Wildman–Crippen LogP) is 3.70. The molecule has 1 aromatic carbocycles. The van der Waals surface area contributed by atoms with Gasteiger partial charge in [0, 0.05) is 24.6 Å². The van der Waals surface area contributed by atoms with Crippen molar-refractivity contribution in [1.29, 1.82) is 0 Å². The zero-order chi connectivity index (χ0) is 16.8. The van der Waals surface area contributed by atoms with Crippen LogP contribution >= 0.6 is 0 Å². The molecule has 0 N–H and O–H groups in total. The van der Waals surface area contributed by atoms with Crippen LogP contribution in [0.5, 0.6) is 5.75 Å². The molecular weight excluding hydrogens is 290 g/mol. The summed E-state index contributed by atoms with van der Waals surface area (Å²) in [6.07, 6.45) is 3.73. The maximum Gasteiger partial charge on any atom is 0.260 e. The van der Waals surface area contributed by atoms with Crippen molar-refractivity contribution in [3.8, 4) is 5.75 Å². The number of hydrogen-bond acceptors (Lipinski definition) is 3. The van der Waals surface area contributed by atoms with Gasteiger partial charge in [0.25, 0.3) is 5.91 Å². The SMILES string of the molecule is CCC(=O)c1ccc(OCC(=O)N(CCC(C)C)C2CC2)cc1. The fraction of sp³-hybridized carbons (Fsp3) is 0.579. The van der Waals surface area contributed by atoms with Gasteiger partial charge in [0.15, 0.2) is 12.4 Å². The molecule has 4 nitrogen and oxygen atoms in total. The lowest BCUT2D eigenvalue weighted by Crippen LogP contribution is -2.37. The highest BCUT2D eigenvalue weighted by Crippen LogP contribution is 2.27. The third-order valence-electron chi connectivity index (χ3n) is 4.12. The number of ether oxygens (including phenoxy) is 1. The molecule has 4 heteroatoms. The molecule has 1 saturated carbocycles. The lowest BCUT2D eigenvalue weighted by molar-refractivity contribution is -0.134. The molecule has 0 unspecified atom stereocenters. The zero-order valence-corrected chi connectivity index (χ0v) is 14.4. The van der Waals surface area contributed by atoms with E-state index < -0.39 is 0 Å². The van der Waals surface area contributed by atoms with Gasteiger partial charge >= 0.3 is 0 Å². The van der Waals surface area contributed by atoms with Crippen LogP contribution in [0.3, 0.4) is 0 Å². The second-order valence-electron chi connectivity index (χ2n) is 6.59. The van der Waals surface area contributed by atoms with Crippen LogP contribution in [0.4, 0.5) is 0 Å². The van der Waals surface area contributed by atoms with E-state index in [1.54, 1.807) is 24.3 Å². The number of benzene rings is 1. The van der Waals surface area contributed by atoms with Gasteiger partial charge in [0.2, 0.25) is 0 Å². The Kier molecular flexibility index (Phi) is 6.20. The molecule has 1 aliphatic rings. The maximum absolute atomic E-state index is 12.4. The minimum atomic E-state index is 0.0573. The monoisotopic (exact) mass is 317 g/mol. The van der Waals surface area contributed by atoms with Gasteiger partial charge in [-0.25, -0.2) is 0 Å². The molecule has 0 heterocycles. The first kappa shape index (κ1) is 17.5. The van der Waals surface area contributed by atoms with E-state index in [4.69, 9.17) is 4.74 Å². The quantitative estimate of drug-likeness (QED) is 0.653. The highest BCUT2D eigenvalue weighted by molar-refractivity contribution is 5.95. The van der Waals surface area contributed by atoms with Crippen molar-refractivity contribution in [2.45, 2.75) is 52.5 Å². The lowest BCUT2D eigenvalue weighted by Gasteiger charge is -2.23. The summed E-state index contributed by atoms with van der Waals surface area (Å²) in [5.41, 5.74) is 0.683. The Bertz CT molecular complexity index is 532. The van der Waals surface area contributed by atoms with Crippen molar-refractivity contribution >= 4 is 11.7 Å². The smallest absolute Gasteiger partial charge is 0.260 e. The number of nitrogens with zero attached hydrogens (tertiary/aromatic N) is 1. The lowest BCUT2D eigenvalue weighted by atomic mass is 10.1. The number of hydrogen-bond donors (Lipinski definition) is 0. The molecule has 0 spiro atoms. The predicted molar refractivity (Wildman–Crippen MR) is 90.7 cm³/mol. The van der Waals surface area contributed by atoms with E-state index in [2.05, 4.69) is 13.8 Å². The Morgan fingerprint density at radius 2 is 1.87 bits per heavy atom. The van der Waals surface area contributed by atoms with E-state index in [1.165, 1.54) is 0 Å². The van der Waals surface area contributed by atoms with Crippen LogP contribution in [-0.2, 0) is 4.79 Å². The minimum Gasteiger partial charge on any atom is -0.484 e. The summed E-state index contributed by atoms with van der Waals surface area (Å²) in [4.78, 5) is 25.9. The van der Waals surface area contributed by atoms with Crippen LogP contribution in [-0.4, -0.2) is 35.8 Å². The van der Waals surface area contributed by atoms with Crippen LogP contribution in [0.2, 0.25) is 0 Å². The van der Waals surface area contributed by atoms with Crippen molar-refractivity contribution in [3.05, 3.63) is 29.8 Å². The molecule has 23 heavy (non-hydrogen) atoms. The fourth-order valence-corrected chi connectivity index (χ4v) is 2.46. The summed E-state index contributed by atoms with van der Waals surface area (Å²) >= 11 is 0. The van der Waals surface area contributed by atoms with Gasteiger partial charge in [-0.2, -0.15) is 0 Å². The van der Waals surface area contributed by atoms with Crippen molar-refractivity contribution in [2.24, 2.45) is 5.92 Å². The third kappa shape index (κ3) is 5.38. The first-order valence-electron chi connectivity index (χ1n) is 8.56. The number of amides is 1. The highest BCUT2D eigenvalue weighted by atomic mass is 16.5. The molecule has 1 amide bonds. The summed E-state index contributed by atoms with van der Waals surface area (Å²) in [5.74, 6) is 1.39. The molecule has 1 fully saturated rings. The Morgan fingerprint density at radius 3 is 2.39 bits per heavy atom. The van der Waals surface area contributed by atoms with Crippen molar-refractivity contribution < 1.29 is 14.3 Å². The summed E-state index contributed by atoms with van der Waals surface area (Å²) in [6.45, 7) is 7.07. The van der Waals surface area contributed by atoms with Gasteiger partial charge in [0.1, 0.15) is 5.75 Å².